The Morgan fingerprint density at radius 2 is 2.04 bits per heavy atom. The van der Waals surface area contributed by atoms with Crippen molar-refractivity contribution in [2.24, 2.45) is 10.2 Å². The van der Waals surface area contributed by atoms with Gasteiger partial charge >= 0.3 is 5.97 Å². The molecule has 1 aliphatic rings. The molecule has 132 valence electrons. The minimum Gasteiger partial charge on any atom is -0.464 e. The zero-order valence-electron chi connectivity index (χ0n) is 14.4. The van der Waals surface area contributed by atoms with Crippen LogP contribution in [0.3, 0.4) is 0 Å². The Morgan fingerprint density at radius 1 is 1.32 bits per heavy atom. The molecule has 1 amide bonds. The SMILES string of the molecule is C#CCCC1(CC(=O)N[C@@H](CCc2ccccc2)C(=O)OCC)N=N1. The van der Waals surface area contributed by atoms with Crippen LogP contribution < -0.4 is 5.32 Å². The molecule has 0 unspecified atom stereocenters. The molecule has 2 rings (SSSR count). The largest absolute Gasteiger partial charge is 0.464 e. The summed E-state index contributed by atoms with van der Waals surface area (Å²) < 4.78 is 5.08. The summed E-state index contributed by atoms with van der Waals surface area (Å²) in [5, 5.41) is 10.7. The smallest absolute Gasteiger partial charge is 0.328 e. The molecule has 25 heavy (non-hydrogen) atoms. The van der Waals surface area contributed by atoms with E-state index in [-0.39, 0.29) is 18.9 Å². The van der Waals surface area contributed by atoms with Gasteiger partial charge in [0.2, 0.25) is 11.6 Å². The van der Waals surface area contributed by atoms with Gasteiger partial charge in [0.1, 0.15) is 6.04 Å². The van der Waals surface area contributed by atoms with Gasteiger partial charge in [-0.05, 0) is 25.3 Å². The Balaban J connectivity index is 1.90. The lowest BCUT2D eigenvalue weighted by molar-refractivity contribution is -0.147. The molecule has 0 fully saturated rings. The molecule has 1 aromatic carbocycles. The molecule has 0 saturated heterocycles. The van der Waals surface area contributed by atoms with Gasteiger partial charge in [-0.15, -0.1) is 12.3 Å². The van der Waals surface area contributed by atoms with Crippen LogP contribution in [0, 0.1) is 12.3 Å². The molecule has 0 aliphatic carbocycles. The molecule has 1 aromatic rings. The average Bonchev–Trinajstić information content (AvgIpc) is 3.37. The van der Waals surface area contributed by atoms with E-state index < -0.39 is 17.7 Å². The summed E-state index contributed by atoms with van der Waals surface area (Å²) in [6.07, 6.45) is 7.55. The fourth-order valence-corrected chi connectivity index (χ4v) is 2.55. The normalized spacial score (nSPS) is 15.0. The Hall–Kier alpha value is -2.68. The van der Waals surface area contributed by atoms with Crippen LogP contribution in [0.15, 0.2) is 40.6 Å². The number of aryl methyl sites for hydroxylation is 1. The van der Waals surface area contributed by atoms with E-state index in [1.165, 1.54) is 0 Å². The van der Waals surface area contributed by atoms with Gasteiger partial charge in [0.15, 0.2) is 0 Å². The van der Waals surface area contributed by atoms with E-state index in [0.717, 1.165) is 5.56 Å². The molecule has 1 aliphatic heterocycles. The van der Waals surface area contributed by atoms with Crippen LogP contribution in [0.2, 0.25) is 0 Å². The number of nitrogens with one attached hydrogen (secondary N) is 1. The average molecular weight is 341 g/mol. The Bertz CT molecular complexity index is 658. The number of nitrogens with zero attached hydrogens (tertiary/aromatic N) is 2. The van der Waals surface area contributed by atoms with Crippen molar-refractivity contribution in [2.45, 2.75) is 50.7 Å². The number of rotatable bonds is 10. The molecule has 6 nitrogen and oxygen atoms in total. The van der Waals surface area contributed by atoms with Crippen LogP contribution in [0.5, 0.6) is 0 Å². The van der Waals surface area contributed by atoms with E-state index in [2.05, 4.69) is 21.5 Å². The molecule has 0 aromatic heterocycles. The van der Waals surface area contributed by atoms with Gasteiger partial charge < -0.3 is 10.1 Å². The predicted octanol–water partition coefficient (Wildman–Crippen LogP) is 2.63. The zero-order valence-corrected chi connectivity index (χ0v) is 14.4. The highest BCUT2D eigenvalue weighted by atomic mass is 16.5. The fourth-order valence-electron chi connectivity index (χ4n) is 2.55. The first-order chi connectivity index (χ1) is 12.1. The van der Waals surface area contributed by atoms with E-state index in [9.17, 15) is 9.59 Å². The fraction of sp³-hybridized carbons (Fsp3) is 0.474. The monoisotopic (exact) mass is 341 g/mol. The Morgan fingerprint density at radius 3 is 2.64 bits per heavy atom. The summed E-state index contributed by atoms with van der Waals surface area (Å²) in [5.74, 6) is 1.83. The minimum absolute atomic E-state index is 0.107. The number of benzene rings is 1. The lowest BCUT2D eigenvalue weighted by Gasteiger charge is -2.18. The molecule has 1 heterocycles. The number of hydrogen-bond donors (Lipinski definition) is 1. The summed E-state index contributed by atoms with van der Waals surface area (Å²) >= 11 is 0. The number of carbonyl (C=O) groups excluding carboxylic acids is 2. The lowest BCUT2D eigenvalue weighted by atomic mass is 10.0. The number of terminal acetylenes is 1. The highest BCUT2D eigenvalue weighted by Crippen LogP contribution is 2.36. The maximum absolute atomic E-state index is 12.3. The van der Waals surface area contributed by atoms with Crippen LogP contribution in [-0.2, 0) is 20.7 Å². The van der Waals surface area contributed by atoms with Crippen LogP contribution in [-0.4, -0.2) is 30.2 Å². The molecule has 0 bridgehead atoms. The summed E-state index contributed by atoms with van der Waals surface area (Å²) in [4.78, 5) is 24.4. The van der Waals surface area contributed by atoms with E-state index >= 15 is 0 Å². The van der Waals surface area contributed by atoms with Crippen LogP contribution in [0.1, 0.15) is 38.2 Å². The third-order valence-electron chi connectivity index (χ3n) is 3.97. The quantitative estimate of drug-likeness (QED) is 0.525. The van der Waals surface area contributed by atoms with E-state index in [4.69, 9.17) is 11.2 Å². The van der Waals surface area contributed by atoms with Gasteiger partial charge in [-0.25, -0.2) is 4.79 Å². The highest BCUT2D eigenvalue weighted by Gasteiger charge is 2.42. The van der Waals surface area contributed by atoms with E-state index in [1.54, 1.807) is 6.92 Å². The summed E-state index contributed by atoms with van der Waals surface area (Å²) in [5.41, 5.74) is 0.401. The van der Waals surface area contributed by atoms with Gasteiger partial charge in [-0.1, -0.05) is 30.3 Å². The Kier molecular flexibility index (Phi) is 6.70. The van der Waals surface area contributed by atoms with Crippen molar-refractivity contribution >= 4 is 11.9 Å². The highest BCUT2D eigenvalue weighted by molar-refractivity contribution is 5.85. The number of ether oxygens (including phenoxy) is 1. The molecule has 6 heteroatoms. The second-order valence-corrected chi connectivity index (χ2v) is 5.96. The summed E-state index contributed by atoms with van der Waals surface area (Å²) in [7, 11) is 0. The van der Waals surface area contributed by atoms with Crippen molar-refractivity contribution < 1.29 is 14.3 Å². The summed E-state index contributed by atoms with van der Waals surface area (Å²) in [6.45, 7) is 2.01. The second-order valence-electron chi connectivity index (χ2n) is 5.96. The third-order valence-corrected chi connectivity index (χ3v) is 3.97. The van der Waals surface area contributed by atoms with Gasteiger partial charge in [-0.2, -0.15) is 10.2 Å². The van der Waals surface area contributed by atoms with Gasteiger partial charge in [0.05, 0.1) is 13.0 Å². The molecule has 0 radical (unpaired) electrons. The van der Waals surface area contributed by atoms with E-state index in [0.29, 0.717) is 25.7 Å². The van der Waals surface area contributed by atoms with Crippen LogP contribution >= 0.6 is 0 Å². The van der Waals surface area contributed by atoms with E-state index in [1.807, 2.05) is 30.3 Å². The maximum Gasteiger partial charge on any atom is 0.328 e. The number of hydrogen-bond acceptors (Lipinski definition) is 5. The number of carbonyl (C=O) groups is 2. The first kappa shape index (κ1) is 18.7. The standard InChI is InChI=1S/C19H23N3O3/c1-3-5-13-19(21-22-19)14-17(23)20-16(18(24)25-4-2)12-11-15-9-7-6-8-10-15/h1,6-10,16H,4-5,11-14H2,2H3,(H,20,23)/t16-/m0/s1. The van der Waals surface area contributed by atoms with Crippen LogP contribution in [0.4, 0.5) is 0 Å². The molecule has 0 saturated carbocycles. The first-order valence-corrected chi connectivity index (χ1v) is 8.46. The number of amides is 1. The van der Waals surface area contributed by atoms with Crippen molar-refractivity contribution in [1.29, 1.82) is 0 Å². The minimum atomic E-state index is -0.699. The van der Waals surface area contributed by atoms with Gasteiger partial charge in [-0.3, -0.25) is 4.79 Å². The zero-order chi connectivity index (χ0) is 18.1. The van der Waals surface area contributed by atoms with Gasteiger partial charge in [0, 0.05) is 12.8 Å². The van der Waals surface area contributed by atoms with Crippen molar-refractivity contribution in [3.8, 4) is 12.3 Å². The van der Waals surface area contributed by atoms with Crippen molar-refractivity contribution in [3.63, 3.8) is 0 Å². The Labute approximate surface area is 148 Å². The number of esters is 1. The third kappa shape index (κ3) is 6.03. The molecule has 1 N–H and O–H groups in total. The second kappa shape index (κ2) is 8.97. The maximum atomic E-state index is 12.3. The van der Waals surface area contributed by atoms with Gasteiger partial charge in [0.25, 0.3) is 0 Å². The van der Waals surface area contributed by atoms with Crippen molar-refractivity contribution in [1.82, 2.24) is 5.32 Å². The first-order valence-electron chi connectivity index (χ1n) is 8.46. The van der Waals surface area contributed by atoms with Crippen molar-refractivity contribution in [2.75, 3.05) is 6.61 Å². The molecule has 1 atom stereocenters. The summed E-state index contributed by atoms with van der Waals surface area (Å²) in [6, 6.07) is 9.11. The molecular weight excluding hydrogens is 318 g/mol. The topological polar surface area (TPSA) is 80.1 Å². The predicted molar refractivity (Wildman–Crippen MR) is 93.6 cm³/mol. The molecule has 0 spiro atoms. The molecular formula is C19H23N3O3. The lowest BCUT2D eigenvalue weighted by Crippen LogP contribution is -2.43. The van der Waals surface area contributed by atoms with Crippen molar-refractivity contribution in [3.05, 3.63) is 35.9 Å². The van der Waals surface area contributed by atoms with Crippen LogP contribution in [0.25, 0.3) is 0 Å².